The van der Waals surface area contributed by atoms with Crippen LogP contribution in [0.3, 0.4) is 0 Å². The van der Waals surface area contributed by atoms with Crippen molar-refractivity contribution in [3.63, 3.8) is 0 Å². The average Bonchev–Trinajstić information content (AvgIpc) is 2.75. The van der Waals surface area contributed by atoms with Crippen molar-refractivity contribution in [3.05, 3.63) is 58.7 Å². The van der Waals surface area contributed by atoms with Gasteiger partial charge < -0.3 is 29.2 Å². The van der Waals surface area contributed by atoms with Gasteiger partial charge >= 0.3 is 11.9 Å². The standard InChI is InChI=1S/C22H22O8/c1-27-17-7-5-13(11-19(17)29-3)9-15(21(23)24)16(22(25)26)10-14-6-8-18(28-2)20(12-14)30-4/h5-12H,1-4H3,(H,23,24)(H,25,26). The molecule has 30 heavy (non-hydrogen) atoms. The SMILES string of the molecule is COc1ccc(C=C(C(=O)O)C(=Cc2ccc(OC)c(OC)c2)C(=O)O)cc1OC. The van der Waals surface area contributed by atoms with Crippen LogP contribution in [0, 0.1) is 0 Å². The zero-order chi connectivity index (χ0) is 22.3. The van der Waals surface area contributed by atoms with Crippen LogP contribution in [0.25, 0.3) is 12.2 Å². The Kier molecular flexibility index (Phi) is 7.46. The lowest BCUT2D eigenvalue weighted by atomic mass is 10.00. The maximum Gasteiger partial charge on any atom is 0.336 e. The monoisotopic (exact) mass is 414 g/mol. The first-order valence-corrected chi connectivity index (χ1v) is 8.69. The summed E-state index contributed by atoms with van der Waals surface area (Å²) in [6.45, 7) is 0. The Morgan fingerprint density at radius 1 is 0.633 bits per heavy atom. The summed E-state index contributed by atoms with van der Waals surface area (Å²) in [6.07, 6.45) is 2.51. The maximum atomic E-state index is 11.9. The van der Waals surface area contributed by atoms with Gasteiger partial charge in [0.15, 0.2) is 23.0 Å². The number of carboxylic acid groups (broad SMARTS) is 2. The first-order chi connectivity index (χ1) is 14.3. The van der Waals surface area contributed by atoms with Gasteiger partial charge in [-0.15, -0.1) is 0 Å². The molecule has 0 radical (unpaired) electrons. The van der Waals surface area contributed by atoms with Gasteiger partial charge in [-0.2, -0.15) is 0 Å². The van der Waals surface area contributed by atoms with Crippen molar-refractivity contribution in [2.45, 2.75) is 0 Å². The summed E-state index contributed by atoms with van der Waals surface area (Å²) in [5.74, 6) is -1.08. The van der Waals surface area contributed by atoms with Crippen LogP contribution in [0.2, 0.25) is 0 Å². The molecule has 0 saturated carbocycles. The fourth-order valence-electron chi connectivity index (χ4n) is 2.73. The summed E-state index contributed by atoms with van der Waals surface area (Å²) in [5, 5.41) is 19.3. The van der Waals surface area contributed by atoms with E-state index >= 15 is 0 Å². The Morgan fingerprint density at radius 2 is 0.967 bits per heavy atom. The minimum Gasteiger partial charge on any atom is -0.493 e. The third-order valence-corrected chi connectivity index (χ3v) is 4.19. The molecular formula is C22H22O8. The molecule has 0 aliphatic carbocycles. The lowest BCUT2D eigenvalue weighted by Gasteiger charge is -2.10. The maximum absolute atomic E-state index is 11.9. The zero-order valence-electron chi connectivity index (χ0n) is 17.0. The number of aliphatic carboxylic acids is 2. The molecule has 2 rings (SSSR count). The van der Waals surface area contributed by atoms with Crippen molar-refractivity contribution < 1.29 is 38.7 Å². The van der Waals surface area contributed by atoms with Crippen LogP contribution >= 0.6 is 0 Å². The Bertz CT molecular complexity index is 923. The van der Waals surface area contributed by atoms with E-state index in [0.29, 0.717) is 34.1 Å². The lowest BCUT2D eigenvalue weighted by Crippen LogP contribution is -2.11. The lowest BCUT2D eigenvalue weighted by molar-refractivity contribution is -0.136. The van der Waals surface area contributed by atoms with Gasteiger partial charge in [-0.25, -0.2) is 9.59 Å². The Morgan fingerprint density at radius 3 is 1.23 bits per heavy atom. The third-order valence-electron chi connectivity index (χ3n) is 4.19. The molecule has 8 heteroatoms. The predicted molar refractivity (Wildman–Crippen MR) is 110 cm³/mol. The fourth-order valence-corrected chi connectivity index (χ4v) is 2.73. The van der Waals surface area contributed by atoms with Gasteiger partial charge in [0.2, 0.25) is 0 Å². The summed E-state index contributed by atoms with van der Waals surface area (Å²) in [6, 6.07) is 9.50. The molecule has 2 N–H and O–H groups in total. The van der Waals surface area contributed by atoms with Gasteiger partial charge in [0.05, 0.1) is 39.6 Å². The first kappa shape index (κ1) is 22.4. The van der Waals surface area contributed by atoms with Gasteiger partial charge in [-0.1, -0.05) is 12.1 Å². The van der Waals surface area contributed by atoms with E-state index in [9.17, 15) is 19.8 Å². The zero-order valence-corrected chi connectivity index (χ0v) is 17.0. The highest BCUT2D eigenvalue weighted by Crippen LogP contribution is 2.31. The van der Waals surface area contributed by atoms with Crippen LogP contribution in [-0.4, -0.2) is 50.6 Å². The number of carboxylic acids is 2. The number of methoxy groups -OCH3 is 4. The van der Waals surface area contributed by atoms with Crippen LogP contribution in [0.5, 0.6) is 23.0 Å². The van der Waals surface area contributed by atoms with Gasteiger partial charge in [-0.3, -0.25) is 0 Å². The van der Waals surface area contributed by atoms with E-state index in [0.717, 1.165) is 0 Å². The summed E-state index contributed by atoms with van der Waals surface area (Å²) in [5.41, 5.74) is 0.0723. The third kappa shape index (κ3) is 5.11. The number of carbonyl (C=O) groups is 2. The fraction of sp³-hybridized carbons (Fsp3) is 0.182. The van der Waals surface area contributed by atoms with Crippen molar-refractivity contribution in [1.29, 1.82) is 0 Å². The van der Waals surface area contributed by atoms with E-state index in [2.05, 4.69) is 0 Å². The number of hydrogen-bond acceptors (Lipinski definition) is 6. The molecule has 0 spiro atoms. The summed E-state index contributed by atoms with van der Waals surface area (Å²) < 4.78 is 20.7. The summed E-state index contributed by atoms with van der Waals surface area (Å²) >= 11 is 0. The molecule has 0 amide bonds. The van der Waals surface area contributed by atoms with Crippen molar-refractivity contribution in [1.82, 2.24) is 0 Å². The molecule has 0 aromatic heterocycles. The molecule has 0 aliphatic rings. The quantitative estimate of drug-likeness (QED) is 0.475. The second-order valence-electron chi connectivity index (χ2n) is 5.96. The topological polar surface area (TPSA) is 112 Å². The summed E-state index contributed by atoms with van der Waals surface area (Å²) in [7, 11) is 5.85. The number of benzene rings is 2. The minimum absolute atomic E-state index is 0.386. The van der Waals surface area contributed by atoms with Crippen molar-refractivity contribution in [2.75, 3.05) is 28.4 Å². The number of ether oxygens (including phenoxy) is 4. The van der Waals surface area contributed by atoms with Gasteiger partial charge in [0.25, 0.3) is 0 Å². The number of rotatable bonds is 9. The second-order valence-corrected chi connectivity index (χ2v) is 5.96. The molecular weight excluding hydrogens is 392 g/mol. The Labute approximate surface area is 173 Å². The van der Waals surface area contributed by atoms with Crippen molar-refractivity contribution in [2.24, 2.45) is 0 Å². The van der Waals surface area contributed by atoms with E-state index in [4.69, 9.17) is 18.9 Å². The van der Waals surface area contributed by atoms with Crippen LogP contribution in [-0.2, 0) is 9.59 Å². The highest BCUT2D eigenvalue weighted by atomic mass is 16.5. The van der Waals surface area contributed by atoms with E-state index in [1.807, 2.05) is 0 Å². The van der Waals surface area contributed by atoms with Crippen LogP contribution < -0.4 is 18.9 Å². The predicted octanol–water partition coefficient (Wildman–Crippen LogP) is 3.36. The highest BCUT2D eigenvalue weighted by molar-refractivity contribution is 6.11. The van der Waals surface area contributed by atoms with Gasteiger partial charge in [0.1, 0.15) is 0 Å². The molecule has 2 aromatic carbocycles. The molecule has 0 fully saturated rings. The van der Waals surface area contributed by atoms with E-state index < -0.39 is 23.1 Å². The largest absolute Gasteiger partial charge is 0.493 e. The van der Waals surface area contributed by atoms with Crippen molar-refractivity contribution >= 4 is 24.1 Å². The van der Waals surface area contributed by atoms with Crippen molar-refractivity contribution in [3.8, 4) is 23.0 Å². The van der Waals surface area contributed by atoms with E-state index in [1.165, 1.54) is 40.6 Å². The second kappa shape index (κ2) is 10.0. The molecule has 0 unspecified atom stereocenters. The molecule has 2 aromatic rings. The van der Waals surface area contributed by atoms with E-state index in [-0.39, 0.29) is 0 Å². The van der Waals surface area contributed by atoms with Gasteiger partial charge in [-0.05, 0) is 47.5 Å². The average molecular weight is 414 g/mol. The highest BCUT2D eigenvalue weighted by Gasteiger charge is 2.21. The molecule has 158 valence electrons. The molecule has 0 bridgehead atoms. The number of hydrogen-bond donors (Lipinski definition) is 2. The van der Waals surface area contributed by atoms with Crippen LogP contribution in [0.4, 0.5) is 0 Å². The smallest absolute Gasteiger partial charge is 0.336 e. The van der Waals surface area contributed by atoms with Gasteiger partial charge in [0, 0.05) is 0 Å². The van der Waals surface area contributed by atoms with E-state index in [1.54, 1.807) is 36.4 Å². The Balaban J connectivity index is 2.59. The minimum atomic E-state index is -1.39. The van der Waals surface area contributed by atoms with Crippen LogP contribution in [0.1, 0.15) is 11.1 Å². The molecule has 0 saturated heterocycles. The molecule has 8 nitrogen and oxygen atoms in total. The van der Waals surface area contributed by atoms with Crippen LogP contribution in [0.15, 0.2) is 47.5 Å². The molecule has 0 atom stereocenters. The summed E-state index contributed by atoms with van der Waals surface area (Å²) in [4.78, 5) is 23.7. The Hall–Kier alpha value is -3.94. The normalized spacial score (nSPS) is 11.6. The molecule has 0 heterocycles. The molecule has 0 aliphatic heterocycles. The first-order valence-electron chi connectivity index (χ1n) is 8.69.